The molecule has 0 radical (unpaired) electrons. The van der Waals surface area contributed by atoms with Crippen LogP contribution in [0.4, 0.5) is 0 Å². The second-order valence-corrected chi connectivity index (χ2v) is 16.5. The number of benzene rings is 1. The molecule has 0 bridgehead atoms. The van der Waals surface area contributed by atoms with Crippen LogP contribution >= 0.6 is 0 Å². The molecule has 0 fully saturated rings. The zero-order valence-electron chi connectivity index (χ0n) is 15.2. The summed E-state index contributed by atoms with van der Waals surface area (Å²) in [5, 5.41) is 0. The Labute approximate surface area is 141 Å². The first-order chi connectivity index (χ1) is 10.4. The quantitative estimate of drug-likeness (QED) is 0.571. The van der Waals surface area contributed by atoms with Crippen molar-refractivity contribution in [2.75, 3.05) is 0 Å². The maximum atomic E-state index is 13.0. The van der Waals surface area contributed by atoms with Gasteiger partial charge in [-0.25, -0.2) is 0 Å². The van der Waals surface area contributed by atoms with Crippen LogP contribution in [0.3, 0.4) is 0 Å². The average molecular weight is 353 g/mol. The SMILES string of the molecule is CCC(C(=O)O[Si](C)(C)C)(C(=O)O[Si](C)(C)C)c1ccccc1. The molecule has 0 amide bonds. The minimum atomic E-state index is -2.13. The lowest BCUT2D eigenvalue weighted by atomic mass is 9.78. The summed E-state index contributed by atoms with van der Waals surface area (Å²) < 4.78 is 11.4. The average Bonchev–Trinajstić information content (AvgIpc) is 2.37. The molecule has 0 aliphatic heterocycles. The summed E-state index contributed by atoms with van der Waals surface area (Å²) in [6.45, 7) is 13.4. The minimum Gasteiger partial charge on any atom is -0.519 e. The fourth-order valence-electron chi connectivity index (χ4n) is 2.26. The van der Waals surface area contributed by atoms with E-state index in [1.807, 2.05) is 64.4 Å². The molecule has 0 saturated carbocycles. The van der Waals surface area contributed by atoms with E-state index < -0.39 is 34.0 Å². The molecule has 0 unspecified atom stereocenters. The third kappa shape index (κ3) is 5.04. The van der Waals surface area contributed by atoms with Gasteiger partial charge in [0.1, 0.15) is 0 Å². The fourth-order valence-corrected chi connectivity index (χ4v) is 3.73. The van der Waals surface area contributed by atoms with Crippen LogP contribution < -0.4 is 0 Å². The van der Waals surface area contributed by atoms with Crippen molar-refractivity contribution in [3.05, 3.63) is 35.9 Å². The van der Waals surface area contributed by atoms with Gasteiger partial charge in [-0.15, -0.1) is 0 Å². The highest BCUT2D eigenvalue weighted by Gasteiger charge is 2.51. The highest BCUT2D eigenvalue weighted by Crippen LogP contribution is 2.33. The van der Waals surface area contributed by atoms with E-state index in [0.29, 0.717) is 12.0 Å². The third-order valence-electron chi connectivity index (χ3n) is 3.29. The first kappa shape index (κ1) is 19.6. The van der Waals surface area contributed by atoms with Crippen molar-refractivity contribution in [2.24, 2.45) is 0 Å². The van der Waals surface area contributed by atoms with E-state index in [1.54, 1.807) is 12.1 Å². The summed E-state index contributed by atoms with van der Waals surface area (Å²) in [4.78, 5) is 25.9. The molecule has 0 atom stereocenters. The zero-order valence-corrected chi connectivity index (χ0v) is 17.2. The highest BCUT2D eigenvalue weighted by molar-refractivity contribution is 6.72. The molecule has 0 saturated heterocycles. The molecule has 6 heteroatoms. The topological polar surface area (TPSA) is 52.6 Å². The van der Waals surface area contributed by atoms with Crippen LogP contribution in [0.5, 0.6) is 0 Å². The molecular formula is C17H28O4Si2. The highest BCUT2D eigenvalue weighted by atomic mass is 28.4. The van der Waals surface area contributed by atoms with Gasteiger partial charge in [0, 0.05) is 0 Å². The Morgan fingerprint density at radius 2 is 1.26 bits per heavy atom. The van der Waals surface area contributed by atoms with Crippen LogP contribution in [-0.4, -0.2) is 28.6 Å². The van der Waals surface area contributed by atoms with Crippen LogP contribution in [0, 0.1) is 0 Å². The Hall–Kier alpha value is -1.41. The number of rotatable bonds is 6. The first-order valence-corrected chi connectivity index (χ1v) is 14.8. The molecule has 1 aromatic rings. The van der Waals surface area contributed by atoms with Crippen molar-refractivity contribution in [2.45, 2.75) is 58.0 Å². The lowest BCUT2D eigenvalue weighted by Crippen LogP contribution is -2.51. The van der Waals surface area contributed by atoms with Crippen molar-refractivity contribution in [3.63, 3.8) is 0 Å². The van der Waals surface area contributed by atoms with Gasteiger partial charge in [-0.1, -0.05) is 37.3 Å². The summed E-state index contributed by atoms with van der Waals surface area (Å²) in [5.74, 6) is -0.984. The van der Waals surface area contributed by atoms with E-state index in [2.05, 4.69) is 0 Å². The van der Waals surface area contributed by atoms with Crippen LogP contribution in [0.2, 0.25) is 39.3 Å². The molecule has 0 heterocycles. The maximum Gasteiger partial charge on any atom is 0.314 e. The molecule has 1 aromatic carbocycles. The Kier molecular flexibility index (Phi) is 5.98. The summed E-state index contributed by atoms with van der Waals surface area (Å²) >= 11 is 0. The number of hydrogen-bond donors (Lipinski definition) is 0. The van der Waals surface area contributed by atoms with Crippen LogP contribution in [-0.2, 0) is 23.9 Å². The Bertz CT molecular complexity index is 528. The third-order valence-corrected chi connectivity index (χ3v) is 4.89. The molecule has 0 spiro atoms. The van der Waals surface area contributed by atoms with Crippen molar-refractivity contribution in [1.82, 2.24) is 0 Å². The maximum absolute atomic E-state index is 13.0. The molecule has 0 aliphatic carbocycles. The smallest absolute Gasteiger partial charge is 0.314 e. The Balaban J connectivity index is 3.40. The number of hydrogen-bond acceptors (Lipinski definition) is 4. The van der Waals surface area contributed by atoms with Gasteiger partial charge < -0.3 is 8.85 Å². The van der Waals surface area contributed by atoms with Gasteiger partial charge in [0.05, 0.1) is 0 Å². The van der Waals surface area contributed by atoms with Crippen molar-refractivity contribution < 1.29 is 18.4 Å². The first-order valence-electron chi connectivity index (χ1n) is 7.95. The standard InChI is InChI=1S/C17H28O4Si2/c1-8-17(14-12-10-9-11-13-14,15(18)20-22(2,3)4)16(19)21-23(5,6)7/h9-13H,8H2,1-7H3. The van der Waals surface area contributed by atoms with Crippen LogP contribution in [0.15, 0.2) is 30.3 Å². The Morgan fingerprint density at radius 1 is 0.870 bits per heavy atom. The number of carbonyl (C=O) groups excluding carboxylic acids is 2. The van der Waals surface area contributed by atoms with Gasteiger partial charge in [0.25, 0.3) is 0 Å². The van der Waals surface area contributed by atoms with Crippen LogP contribution in [0.1, 0.15) is 18.9 Å². The van der Waals surface area contributed by atoms with E-state index in [-0.39, 0.29) is 0 Å². The monoisotopic (exact) mass is 352 g/mol. The van der Waals surface area contributed by atoms with Gasteiger partial charge in [-0.2, -0.15) is 0 Å². The molecule has 0 aromatic heterocycles. The van der Waals surface area contributed by atoms with Crippen molar-refractivity contribution in [3.8, 4) is 0 Å². The molecule has 1 rings (SSSR count). The molecule has 4 nitrogen and oxygen atoms in total. The van der Waals surface area contributed by atoms with E-state index in [4.69, 9.17) is 8.85 Å². The summed E-state index contributed by atoms with van der Waals surface area (Å²) in [5.41, 5.74) is -0.754. The van der Waals surface area contributed by atoms with Gasteiger partial charge in [0.15, 0.2) is 5.41 Å². The van der Waals surface area contributed by atoms with E-state index in [1.165, 1.54) is 0 Å². The largest absolute Gasteiger partial charge is 0.519 e. The van der Waals surface area contributed by atoms with E-state index >= 15 is 0 Å². The van der Waals surface area contributed by atoms with E-state index in [9.17, 15) is 9.59 Å². The minimum absolute atomic E-state index is 0.309. The van der Waals surface area contributed by atoms with Gasteiger partial charge in [0.2, 0.25) is 16.6 Å². The van der Waals surface area contributed by atoms with Gasteiger partial charge >= 0.3 is 11.9 Å². The Morgan fingerprint density at radius 3 is 1.57 bits per heavy atom. The normalized spacial score (nSPS) is 12.7. The summed E-state index contributed by atoms with van der Waals surface area (Å²) in [6.07, 6.45) is 0.309. The zero-order chi connectivity index (χ0) is 17.9. The predicted octanol–water partition coefficient (Wildman–Crippen LogP) is 4.09. The molecule has 0 N–H and O–H groups in total. The molecule has 0 aliphatic rings. The summed E-state index contributed by atoms with van der Waals surface area (Å²) in [6, 6.07) is 9.09. The second-order valence-electron chi connectivity index (χ2n) is 7.63. The number of carbonyl (C=O) groups is 2. The predicted molar refractivity (Wildman–Crippen MR) is 97.3 cm³/mol. The lowest BCUT2D eigenvalue weighted by molar-refractivity contribution is -0.155. The van der Waals surface area contributed by atoms with E-state index in [0.717, 1.165) is 0 Å². The molecule has 23 heavy (non-hydrogen) atoms. The van der Waals surface area contributed by atoms with Gasteiger partial charge in [-0.05, 0) is 51.3 Å². The molecule has 128 valence electrons. The lowest BCUT2D eigenvalue weighted by Gasteiger charge is -2.34. The fraction of sp³-hybridized carbons (Fsp3) is 0.529. The summed E-state index contributed by atoms with van der Waals surface area (Å²) in [7, 11) is -4.26. The van der Waals surface area contributed by atoms with Crippen molar-refractivity contribution >= 4 is 28.6 Å². The van der Waals surface area contributed by atoms with Gasteiger partial charge in [-0.3, -0.25) is 9.59 Å². The van der Waals surface area contributed by atoms with Crippen LogP contribution in [0.25, 0.3) is 0 Å². The van der Waals surface area contributed by atoms with Crippen molar-refractivity contribution in [1.29, 1.82) is 0 Å². The molecular weight excluding hydrogens is 324 g/mol. The second kappa shape index (κ2) is 7.01.